The number of amides is 1. The molecule has 4 rings (SSSR count). The number of aromatic nitrogens is 4. The maximum Gasteiger partial charge on any atom is 0.280 e. The SMILES string of the molecule is Cc1c(Cl)cccc1NC(=O)CSc1nc2cnn(C)c2c(=O)n1Cc1ccccc1. The third-order valence-corrected chi connectivity index (χ3v) is 6.26. The Hall–Kier alpha value is -3.10. The van der Waals surface area contributed by atoms with E-state index in [2.05, 4.69) is 15.4 Å². The summed E-state index contributed by atoms with van der Waals surface area (Å²) in [5.41, 5.74) is 3.18. The van der Waals surface area contributed by atoms with Crippen LogP contribution >= 0.6 is 23.4 Å². The van der Waals surface area contributed by atoms with Crippen molar-refractivity contribution >= 4 is 46.0 Å². The standard InChI is InChI=1S/C22H20ClN5O2S/c1-14-16(23)9-6-10-17(14)25-19(29)13-31-22-26-18-11-24-27(2)20(18)21(30)28(22)12-15-7-4-3-5-8-15/h3-11H,12-13H2,1-2H3,(H,25,29). The molecule has 1 N–H and O–H groups in total. The van der Waals surface area contributed by atoms with E-state index in [1.54, 1.807) is 36.0 Å². The zero-order valence-corrected chi connectivity index (χ0v) is 18.6. The Labute approximate surface area is 188 Å². The molecule has 0 radical (unpaired) electrons. The number of nitrogens with one attached hydrogen (secondary N) is 1. The molecule has 2 aromatic carbocycles. The van der Waals surface area contributed by atoms with Crippen LogP contribution in [0.1, 0.15) is 11.1 Å². The highest BCUT2D eigenvalue weighted by atomic mass is 35.5. The van der Waals surface area contributed by atoms with Gasteiger partial charge in [-0.1, -0.05) is 59.8 Å². The number of benzene rings is 2. The van der Waals surface area contributed by atoms with Gasteiger partial charge in [-0.25, -0.2) is 4.98 Å². The maximum atomic E-state index is 13.2. The van der Waals surface area contributed by atoms with Crippen LogP contribution in [-0.4, -0.2) is 31.0 Å². The number of halogens is 1. The van der Waals surface area contributed by atoms with E-state index in [9.17, 15) is 9.59 Å². The van der Waals surface area contributed by atoms with Gasteiger partial charge in [0, 0.05) is 17.8 Å². The summed E-state index contributed by atoms with van der Waals surface area (Å²) in [6.07, 6.45) is 1.56. The van der Waals surface area contributed by atoms with Crippen molar-refractivity contribution in [1.29, 1.82) is 0 Å². The lowest BCUT2D eigenvalue weighted by atomic mass is 10.2. The van der Waals surface area contributed by atoms with Crippen LogP contribution in [0.2, 0.25) is 5.02 Å². The highest BCUT2D eigenvalue weighted by Gasteiger charge is 2.17. The number of hydrogen-bond acceptors (Lipinski definition) is 5. The summed E-state index contributed by atoms with van der Waals surface area (Å²) >= 11 is 7.34. The van der Waals surface area contributed by atoms with Gasteiger partial charge < -0.3 is 5.32 Å². The van der Waals surface area contributed by atoms with Crippen molar-refractivity contribution in [2.24, 2.45) is 7.05 Å². The molecule has 9 heteroatoms. The van der Waals surface area contributed by atoms with Gasteiger partial charge in [0.25, 0.3) is 5.56 Å². The summed E-state index contributed by atoms with van der Waals surface area (Å²) in [4.78, 5) is 30.4. The predicted molar refractivity (Wildman–Crippen MR) is 124 cm³/mol. The predicted octanol–water partition coefficient (Wildman–Crippen LogP) is 3.87. The summed E-state index contributed by atoms with van der Waals surface area (Å²) in [7, 11) is 1.71. The molecule has 4 aromatic rings. The van der Waals surface area contributed by atoms with Crippen LogP contribution in [0.15, 0.2) is 64.7 Å². The average molecular weight is 454 g/mol. The van der Waals surface area contributed by atoms with Crippen LogP contribution in [0.3, 0.4) is 0 Å². The van der Waals surface area contributed by atoms with Gasteiger partial charge in [0.1, 0.15) is 5.52 Å². The molecule has 158 valence electrons. The van der Waals surface area contributed by atoms with E-state index in [-0.39, 0.29) is 17.2 Å². The van der Waals surface area contributed by atoms with Gasteiger partial charge in [0.2, 0.25) is 5.91 Å². The highest BCUT2D eigenvalue weighted by molar-refractivity contribution is 7.99. The lowest BCUT2D eigenvalue weighted by Crippen LogP contribution is -2.26. The molecule has 1 amide bonds. The van der Waals surface area contributed by atoms with E-state index in [1.807, 2.05) is 37.3 Å². The van der Waals surface area contributed by atoms with E-state index in [0.29, 0.717) is 33.4 Å². The second-order valence-electron chi connectivity index (χ2n) is 7.02. The van der Waals surface area contributed by atoms with Gasteiger partial charge in [0.05, 0.1) is 18.5 Å². The molecule has 2 aromatic heterocycles. The van der Waals surface area contributed by atoms with Gasteiger partial charge in [-0.05, 0) is 30.2 Å². The van der Waals surface area contributed by atoms with Gasteiger partial charge in [-0.15, -0.1) is 0 Å². The highest BCUT2D eigenvalue weighted by Crippen LogP contribution is 2.24. The van der Waals surface area contributed by atoms with Crippen molar-refractivity contribution in [2.75, 3.05) is 11.1 Å². The smallest absolute Gasteiger partial charge is 0.280 e. The minimum Gasteiger partial charge on any atom is -0.325 e. The van der Waals surface area contributed by atoms with Gasteiger partial charge in [-0.3, -0.25) is 18.8 Å². The summed E-state index contributed by atoms with van der Waals surface area (Å²) in [5, 5.41) is 8.08. The molecule has 0 unspecified atom stereocenters. The molecule has 31 heavy (non-hydrogen) atoms. The third kappa shape index (κ3) is 4.50. The second kappa shape index (κ2) is 8.95. The molecular formula is C22H20ClN5O2S. The topological polar surface area (TPSA) is 81.8 Å². The third-order valence-electron chi connectivity index (χ3n) is 4.87. The fourth-order valence-electron chi connectivity index (χ4n) is 3.21. The summed E-state index contributed by atoms with van der Waals surface area (Å²) in [5.74, 6) is -0.110. The van der Waals surface area contributed by atoms with Crippen LogP contribution in [0.4, 0.5) is 5.69 Å². The number of nitrogens with zero attached hydrogens (tertiary/aromatic N) is 4. The molecule has 0 spiro atoms. The van der Waals surface area contributed by atoms with E-state index >= 15 is 0 Å². The van der Waals surface area contributed by atoms with Gasteiger partial charge >= 0.3 is 0 Å². The Morgan fingerprint density at radius 2 is 1.94 bits per heavy atom. The molecule has 0 aliphatic carbocycles. The Bertz CT molecular complexity index is 1320. The van der Waals surface area contributed by atoms with Crippen molar-refractivity contribution < 1.29 is 4.79 Å². The number of rotatable bonds is 6. The summed E-state index contributed by atoms with van der Waals surface area (Å²) in [6, 6.07) is 15.0. The number of fused-ring (bicyclic) bond motifs is 1. The quantitative estimate of drug-likeness (QED) is 0.354. The first-order valence-electron chi connectivity index (χ1n) is 9.58. The van der Waals surface area contributed by atoms with Crippen molar-refractivity contribution in [3.8, 4) is 0 Å². The molecule has 0 aliphatic heterocycles. The zero-order valence-electron chi connectivity index (χ0n) is 17.0. The first kappa shape index (κ1) is 21.1. The Kier molecular flexibility index (Phi) is 6.11. The first-order chi connectivity index (χ1) is 14.9. The van der Waals surface area contributed by atoms with E-state index in [0.717, 1.165) is 11.1 Å². The Balaban J connectivity index is 1.61. The number of aryl methyl sites for hydroxylation is 1. The van der Waals surface area contributed by atoms with Crippen molar-refractivity contribution in [3.63, 3.8) is 0 Å². The maximum absolute atomic E-state index is 13.2. The Morgan fingerprint density at radius 1 is 1.16 bits per heavy atom. The largest absolute Gasteiger partial charge is 0.325 e. The number of thioether (sulfide) groups is 1. The lowest BCUT2D eigenvalue weighted by Gasteiger charge is -2.13. The molecule has 2 heterocycles. The second-order valence-corrected chi connectivity index (χ2v) is 8.37. The van der Waals surface area contributed by atoms with E-state index in [4.69, 9.17) is 11.6 Å². The average Bonchev–Trinajstić information content (AvgIpc) is 3.13. The molecule has 7 nitrogen and oxygen atoms in total. The monoisotopic (exact) mass is 453 g/mol. The fraction of sp³-hybridized carbons (Fsp3) is 0.182. The number of hydrogen-bond donors (Lipinski definition) is 1. The molecule has 0 saturated heterocycles. The fourth-order valence-corrected chi connectivity index (χ4v) is 4.18. The molecular weight excluding hydrogens is 434 g/mol. The number of carbonyl (C=O) groups is 1. The van der Waals surface area contributed by atoms with Crippen LogP contribution in [0.5, 0.6) is 0 Å². The summed E-state index contributed by atoms with van der Waals surface area (Å²) in [6.45, 7) is 2.20. The minimum absolute atomic E-state index is 0.0962. The Morgan fingerprint density at radius 3 is 2.71 bits per heavy atom. The lowest BCUT2D eigenvalue weighted by molar-refractivity contribution is -0.113. The number of anilines is 1. The zero-order chi connectivity index (χ0) is 22.0. The molecule has 0 bridgehead atoms. The molecule has 0 saturated carbocycles. The number of carbonyl (C=O) groups excluding carboxylic acids is 1. The molecule has 0 atom stereocenters. The summed E-state index contributed by atoms with van der Waals surface area (Å²) < 4.78 is 3.11. The van der Waals surface area contributed by atoms with Crippen molar-refractivity contribution in [1.82, 2.24) is 19.3 Å². The normalized spacial score (nSPS) is 11.1. The van der Waals surface area contributed by atoms with Crippen LogP contribution < -0.4 is 10.9 Å². The van der Waals surface area contributed by atoms with Gasteiger partial charge in [0.15, 0.2) is 10.7 Å². The van der Waals surface area contributed by atoms with Crippen LogP contribution in [-0.2, 0) is 18.4 Å². The molecule has 0 aliphatic rings. The van der Waals surface area contributed by atoms with Crippen molar-refractivity contribution in [3.05, 3.63) is 81.2 Å². The van der Waals surface area contributed by atoms with Crippen LogP contribution in [0, 0.1) is 6.92 Å². The first-order valence-corrected chi connectivity index (χ1v) is 10.9. The minimum atomic E-state index is -0.206. The van der Waals surface area contributed by atoms with Crippen molar-refractivity contribution in [2.45, 2.75) is 18.6 Å². The van der Waals surface area contributed by atoms with E-state index in [1.165, 1.54) is 16.4 Å². The van der Waals surface area contributed by atoms with Crippen LogP contribution in [0.25, 0.3) is 11.0 Å². The van der Waals surface area contributed by atoms with Gasteiger partial charge in [-0.2, -0.15) is 5.10 Å². The van der Waals surface area contributed by atoms with E-state index < -0.39 is 0 Å². The molecule has 0 fully saturated rings.